The molecule has 0 unspecified atom stereocenters. The van der Waals surface area contributed by atoms with Crippen LogP contribution >= 0.6 is 11.8 Å². The average Bonchev–Trinajstić information content (AvgIpc) is 3.10. The maximum Gasteiger partial charge on any atom is 0.240 e. The summed E-state index contributed by atoms with van der Waals surface area (Å²) in [4.78, 5) is 25.3. The molecule has 0 bridgehead atoms. The number of thioether (sulfide) groups is 1. The number of hydrogen-bond acceptors (Lipinski definition) is 4. The smallest absolute Gasteiger partial charge is 0.240 e. The molecule has 1 aromatic rings. The normalized spacial score (nSPS) is 24.5. The summed E-state index contributed by atoms with van der Waals surface area (Å²) >= 11 is 1.55. The molecule has 1 saturated heterocycles. The summed E-state index contributed by atoms with van der Waals surface area (Å²) in [6.45, 7) is 0.153. The zero-order valence-electron chi connectivity index (χ0n) is 12.4. The highest BCUT2D eigenvalue weighted by Gasteiger charge is 2.31. The fourth-order valence-corrected chi connectivity index (χ4v) is 3.78. The highest BCUT2D eigenvalue weighted by atomic mass is 32.2. The lowest BCUT2D eigenvalue weighted by atomic mass is 10.2. The van der Waals surface area contributed by atoms with Crippen molar-refractivity contribution in [2.24, 2.45) is 0 Å². The van der Waals surface area contributed by atoms with Crippen LogP contribution in [0.4, 0.5) is 0 Å². The molecule has 2 atom stereocenters. The molecule has 2 aliphatic rings. The van der Waals surface area contributed by atoms with Crippen LogP contribution in [0.2, 0.25) is 0 Å². The van der Waals surface area contributed by atoms with Crippen LogP contribution in [0.25, 0.3) is 0 Å². The molecular weight excluding hydrogens is 300 g/mol. The fourth-order valence-electron chi connectivity index (χ4n) is 2.87. The molecule has 2 fully saturated rings. The van der Waals surface area contributed by atoms with Crippen LogP contribution in [-0.4, -0.2) is 47.0 Å². The third-order valence-corrected chi connectivity index (χ3v) is 4.93. The quantitative estimate of drug-likeness (QED) is 0.896. The van der Waals surface area contributed by atoms with E-state index in [2.05, 4.69) is 5.32 Å². The third kappa shape index (κ3) is 3.74. The summed E-state index contributed by atoms with van der Waals surface area (Å²) in [5.41, 5.74) is 0. The number of ether oxygens (including phenoxy) is 1. The SMILES string of the molecule is O=C(CN1CSCC1=O)N[C@H]1CCC[C@@H]1Oc1ccccc1. The van der Waals surface area contributed by atoms with Crippen molar-refractivity contribution in [3.63, 3.8) is 0 Å². The number of benzene rings is 1. The van der Waals surface area contributed by atoms with Crippen LogP contribution < -0.4 is 10.1 Å². The molecule has 1 aliphatic heterocycles. The lowest BCUT2D eigenvalue weighted by Crippen LogP contribution is -2.46. The second kappa shape index (κ2) is 7.05. The van der Waals surface area contributed by atoms with Gasteiger partial charge in [-0.15, -0.1) is 11.8 Å². The predicted molar refractivity (Wildman–Crippen MR) is 85.7 cm³/mol. The van der Waals surface area contributed by atoms with Crippen LogP contribution in [0.3, 0.4) is 0 Å². The molecular formula is C16H20N2O3S. The Bertz CT molecular complexity index is 537. The van der Waals surface area contributed by atoms with Gasteiger partial charge in [0.05, 0.1) is 17.7 Å². The molecule has 6 heteroatoms. The number of hydrogen-bond donors (Lipinski definition) is 1. The van der Waals surface area contributed by atoms with E-state index in [4.69, 9.17) is 4.74 Å². The lowest BCUT2D eigenvalue weighted by molar-refractivity contribution is -0.132. The highest BCUT2D eigenvalue weighted by molar-refractivity contribution is 8.00. The van der Waals surface area contributed by atoms with E-state index in [1.54, 1.807) is 16.7 Å². The second-order valence-electron chi connectivity index (χ2n) is 5.64. The summed E-state index contributed by atoms with van der Waals surface area (Å²) in [5, 5.41) is 3.03. The van der Waals surface area contributed by atoms with Gasteiger partial charge in [0.1, 0.15) is 18.4 Å². The molecule has 1 aromatic carbocycles. The first-order valence-electron chi connectivity index (χ1n) is 7.59. The Morgan fingerprint density at radius 2 is 2.14 bits per heavy atom. The number of nitrogens with one attached hydrogen (secondary N) is 1. The summed E-state index contributed by atoms with van der Waals surface area (Å²) in [5.74, 6) is 1.88. The van der Waals surface area contributed by atoms with E-state index in [1.807, 2.05) is 30.3 Å². The van der Waals surface area contributed by atoms with Crippen LogP contribution in [0, 0.1) is 0 Å². The minimum absolute atomic E-state index is 0.00926. The average molecular weight is 320 g/mol. The number of rotatable bonds is 5. The fraction of sp³-hybridized carbons (Fsp3) is 0.500. The molecule has 118 valence electrons. The van der Waals surface area contributed by atoms with Crippen molar-refractivity contribution in [3.05, 3.63) is 30.3 Å². The van der Waals surface area contributed by atoms with Gasteiger partial charge in [-0.05, 0) is 31.4 Å². The van der Waals surface area contributed by atoms with Gasteiger partial charge < -0.3 is 15.0 Å². The van der Waals surface area contributed by atoms with Gasteiger partial charge in [-0.1, -0.05) is 18.2 Å². The van der Waals surface area contributed by atoms with Crippen LogP contribution in [0.1, 0.15) is 19.3 Å². The Labute approximate surface area is 134 Å². The van der Waals surface area contributed by atoms with Gasteiger partial charge in [-0.2, -0.15) is 0 Å². The van der Waals surface area contributed by atoms with E-state index in [0.29, 0.717) is 11.6 Å². The number of amides is 2. The van der Waals surface area contributed by atoms with Crippen molar-refractivity contribution < 1.29 is 14.3 Å². The van der Waals surface area contributed by atoms with E-state index in [-0.39, 0.29) is 30.5 Å². The van der Waals surface area contributed by atoms with Crippen molar-refractivity contribution in [1.82, 2.24) is 10.2 Å². The van der Waals surface area contributed by atoms with Crippen molar-refractivity contribution in [2.45, 2.75) is 31.4 Å². The number of nitrogens with zero attached hydrogens (tertiary/aromatic N) is 1. The zero-order valence-corrected chi connectivity index (χ0v) is 13.2. The summed E-state index contributed by atoms with van der Waals surface area (Å²) in [7, 11) is 0. The number of carbonyl (C=O) groups excluding carboxylic acids is 2. The minimum Gasteiger partial charge on any atom is -0.488 e. The molecule has 5 nitrogen and oxygen atoms in total. The Hall–Kier alpha value is -1.69. The third-order valence-electron chi connectivity index (χ3n) is 3.99. The second-order valence-corrected chi connectivity index (χ2v) is 6.60. The number of carbonyl (C=O) groups is 2. The molecule has 3 rings (SSSR count). The minimum atomic E-state index is -0.0931. The molecule has 1 heterocycles. The van der Waals surface area contributed by atoms with Gasteiger partial charge in [0.15, 0.2) is 0 Å². The summed E-state index contributed by atoms with van der Waals surface area (Å²) in [6.07, 6.45) is 2.92. The first-order chi connectivity index (χ1) is 10.7. The molecule has 22 heavy (non-hydrogen) atoms. The van der Waals surface area contributed by atoms with E-state index in [9.17, 15) is 9.59 Å². The van der Waals surface area contributed by atoms with Crippen molar-refractivity contribution in [3.8, 4) is 5.75 Å². The number of para-hydroxylation sites is 1. The van der Waals surface area contributed by atoms with Crippen LogP contribution in [-0.2, 0) is 9.59 Å². The maximum atomic E-state index is 12.1. The van der Waals surface area contributed by atoms with Crippen LogP contribution in [0.5, 0.6) is 5.75 Å². The van der Waals surface area contributed by atoms with E-state index in [1.165, 1.54) is 0 Å². The van der Waals surface area contributed by atoms with Crippen molar-refractivity contribution in [2.75, 3.05) is 18.2 Å². The molecule has 0 spiro atoms. The Morgan fingerprint density at radius 1 is 1.32 bits per heavy atom. The van der Waals surface area contributed by atoms with Gasteiger partial charge in [0, 0.05) is 0 Å². The largest absolute Gasteiger partial charge is 0.488 e. The summed E-state index contributed by atoms with van der Waals surface area (Å²) < 4.78 is 5.98. The predicted octanol–water partition coefficient (Wildman–Crippen LogP) is 1.64. The summed E-state index contributed by atoms with van der Waals surface area (Å²) in [6, 6.07) is 9.71. The maximum absolute atomic E-state index is 12.1. The monoisotopic (exact) mass is 320 g/mol. The molecule has 0 aromatic heterocycles. The lowest BCUT2D eigenvalue weighted by Gasteiger charge is -2.23. The van der Waals surface area contributed by atoms with Crippen molar-refractivity contribution >= 4 is 23.6 Å². The Morgan fingerprint density at radius 3 is 2.86 bits per heavy atom. The van der Waals surface area contributed by atoms with E-state index < -0.39 is 0 Å². The van der Waals surface area contributed by atoms with Gasteiger partial charge in [0.25, 0.3) is 0 Å². The van der Waals surface area contributed by atoms with Gasteiger partial charge in [-0.3, -0.25) is 9.59 Å². The van der Waals surface area contributed by atoms with Gasteiger partial charge in [0.2, 0.25) is 11.8 Å². The van der Waals surface area contributed by atoms with Gasteiger partial charge in [-0.25, -0.2) is 0 Å². The standard InChI is InChI=1S/C16H20N2O3S/c19-15(9-18-11-22-10-16(18)20)17-13-7-4-8-14(13)21-12-5-2-1-3-6-12/h1-3,5-6,13-14H,4,7-11H2,(H,17,19)/t13-,14-/m0/s1. The highest BCUT2D eigenvalue weighted by Crippen LogP contribution is 2.24. The van der Waals surface area contributed by atoms with Crippen LogP contribution in [0.15, 0.2) is 30.3 Å². The first kappa shape index (κ1) is 15.2. The molecule has 2 amide bonds. The zero-order chi connectivity index (χ0) is 15.4. The van der Waals surface area contributed by atoms with E-state index in [0.717, 1.165) is 25.0 Å². The topological polar surface area (TPSA) is 58.6 Å². The molecule has 1 aliphatic carbocycles. The van der Waals surface area contributed by atoms with Crippen molar-refractivity contribution in [1.29, 1.82) is 0 Å². The molecule has 0 radical (unpaired) electrons. The molecule has 1 saturated carbocycles. The van der Waals surface area contributed by atoms with Gasteiger partial charge >= 0.3 is 0 Å². The Balaban J connectivity index is 1.52. The Kier molecular flexibility index (Phi) is 4.87. The first-order valence-corrected chi connectivity index (χ1v) is 8.74. The van der Waals surface area contributed by atoms with E-state index >= 15 is 0 Å². The molecule has 1 N–H and O–H groups in total.